The largest absolute Gasteiger partial charge is 0.318 e. The summed E-state index contributed by atoms with van der Waals surface area (Å²) in [6.07, 6.45) is 4.55. The molecule has 1 N–H and O–H groups in total. The van der Waals surface area contributed by atoms with Crippen LogP contribution < -0.4 is 5.32 Å². The molecule has 1 saturated heterocycles. The molecule has 78 valence electrons. The van der Waals surface area contributed by atoms with Crippen LogP contribution in [-0.2, 0) is 6.54 Å². The third kappa shape index (κ3) is 2.32. The van der Waals surface area contributed by atoms with Crippen molar-refractivity contribution in [3.8, 4) is 0 Å². The first kappa shape index (κ1) is 10.1. The summed E-state index contributed by atoms with van der Waals surface area (Å²) in [5.41, 5.74) is 0. The molecule has 1 unspecified atom stereocenters. The van der Waals surface area contributed by atoms with Crippen LogP contribution in [0, 0.1) is 0 Å². The molecule has 3 nitrogen and oxygen atoms in total. The van der Waals surface area contributed by atoms with Crippen molar-refractivity contribution in [3.63, 3.8) is 0 Å². The molecule has 0 radical (unpaired) electrons. The highest BCUT2D eigenvalue weighted by Crippen LogP contribution is 2.20. The van der Waals surface area contributed by atoms with E-state index in [2.05, 4.69) is 20.6 Å². The Hall–Kier alpha value is -0.450. The average Bonchev–Trinajstić information content (AvgIpc) is 2.80. The Morgan fingerprint density at radius 2 is 2.64 bits per heavy atom. The van der Waals surface area contributed by atoms with Crippen LogP contribution in [0.4, 0.5) is 0 Å². The fraction of sp³-hybridized carbons (Fsp3) is 0.700. The zero-order valence-electron chi connectivity index (χ0n) is 8.57. The molecule has 1 aliphatic rings. The highest BCUT2D eigenvalue weighted by molar-refractivity contribution is 7.09. The van der Waals surface area contributed by atoms with Crippen molar-refractivity contribution in [2.75, 3.05) is 20.1 Å². The molecule has 1 aliphatic heterocycles. The van der Waals surface area contributed by atoms with E-state index in [0.717, 1.165) is 13.1 Å². The van der Waals surface area contributed by atoms with Gasteiger partial charge in [0.25, 0.3) is 0 Å². The van der Waals surface area contributed by atoms with E-state index in [1.165, 1.54) is 24.4 Å². The number of aromatic nitrogens is 1. The van der Waals surface area contributed by atoms with Gasteiger partial charge < -0.3 is 5.32 Å². The molecular weight excluding hydrogens is 194 g/mol. The molecule has 4 heteroatoms. The van der Waals surface area contributed by atoms with Gasteiger partial charge in [0.05, 0.1) is 6.54 Å². The minimum absolute atomic E-state index is 0.712. The molecule has 2 rings (SSSR count). The SMILES string of the molecule is CNCC1CCCN1Cc1nccs1. The van der Waals surface area contributed by atoms with Gasteiger partial charge in [-0.2, -0.15) is 0 Å². The van der Waals surface area contributed by atoms with Crippen LogP contribution in [0.25, 0.3) is 0 Å². The fourth-order valence-electron chi connectivity index (χ4n) is 2.07. The van der Waals surface area contributed by atoms with Crippen molar-refractivity contribution in [2.24, 2.45) is 0 Å². The molecule has 0 amide bonds. The smallest absolute Gasteiger partial charge is 0.107 e. The molecule has 1 atom stereocenters. The molecule has 1 aromatic rings. The number of nitrogens with one attached hydrogen (secondary N) is 1. The predicted molar refractivity (Wildman–Crippen MR) is 59.5 cm³/mol. The van der Waals surface area contributed by atoms with Crippen molar-refractivity contribution in [1.82, 2.24) is 15.2 Å². The van der Waals surface area contributed by atoms with Gasteiger partial charge in [-0.1, -0.05) is 0 Å². The molecule has 0 saturated carbocycles. The zero-order chi connectivity index (χ0) is 9.80. The van der Waals surface area contributed by atoms with E-state index in [9.17, 15) is 0 Å². The first-order chi connectivity index (χ1) is 6.90. The summed E-state index contributed by atoms with van der Waals surface area (Å²) in [4.78, 5) is 6.87. The third-order valence-electron chi connectivity index (χ3n) is 2.76. The van der Waals surface area contributed by atoms with Crippen LogP contribution in [0.1, 0.15) is 17.8 Å². The normalized spacial score (nSPS) is 23.1. The Kier molecular flexibility index (Phi) is 3.50. The second-order valence-corrected chi connectivity index (χ2v) is 4.73. The molecule has 2 heterocycles. The number of nitrogens with zero attached hydrogens (tertiary/aromatic N) is 2. The van der Waals surface area contributed by atoms with Crippen molar-refractivity contribution in [3.05, 3.63) is 16.6 Å². The summed E-state index contributed by atoms with van der Waals surface area (Å²) in [5, 5.41) is 6.56. The number of likely N-dealkylation sites (N-methyl/N-ethyl adjacent to an activating group) is 1. The van der Waals surface area contributed by atoms with Crippen molar-refractivity contribution in [2.45, 2.75) is 25.4 Å². The first-order valence-electron chi connectivity index (χ1n) is 5.17. The lowest BCUT2D eigenvalue weighted by atomic mass is 10.2. The number of rotatable bonds is 4. The minimum atomic E-state index is 0.712. The van der Waals surface area contributed by atoms with E-state index >= 15 is 0 Å². The predicted octanol–water partition coefficient (Wildman–Crippen LogP) is 1.33. The topological polar surface area (TPSA) is 28.2 Å². The Labute approximate surface area is 89.1 Å². The number of likely N-dealkylation sites (tertiary alicyclic amines) is 1. The summed E-state index contributed by atoms with van der Waals surface area (Å²) >= 11 is 1.76. The number of thiazole rings is 1. The average molecular weight is 211 g/mol. The van der Waals surface area contributed by atoms with Gasteiger partial charge in [0, 0.05) is 24.2 Å². The van der Waals surface area contributed by atoms with E-state index in [0.29, 0.717) is 6.04 Å². The molecule has 14 heavy (non-hydrogen) atoms. The van der Waals surface area contributed by atoms with Gasteiger partial charge in [-0.05, 0) is 26.4 Å². The third-order valence-corrected chi connectivity index (χ3v) is 3.53. The fourth-order valence-corrected chi connectivity index (χ4v) is 2.72. The molecule has 1 aromatic heterocycles. The molecule has 0 aromatic carbocycles. The van der Waals surface area contributed by atoms with E-state index in [1.807, 2.05) is 13.2 Å². The molecule has 0 aliphatic carbocycles. The summed E-state index contributed by atoms with van der Waals surface area (Å²) < 4.78 is 0. The van der Waals surface area contributed by atoms with Crippen LogP contribution in [0.2, 0.25) is 0 Å². The van der Waals surface area contributed by atoms with Gasteiger partial charge in [0.15, 0.2) is 0 Å². The second kappa shape index (κ2) is 4.87. The maximum atomic E-state index is 4.33. The van der Waals surface area contributed by atoms with E-state index < -0.39 is 0 Å². The summed E-state index contributed by atoms with van der Waals surface area (Å²) in [7, 11) is 2.03. The van der Waals surface area contributed by atoms with Crippen LogP contribution >= 0.6 is 11.3 Å². The van der Waals surface area contributed by atoms with Crippen LogP contribution in [0.15, 0.2) is 11.6 Å². The monoisotopic (exact) mass is 211 g/mol. The first-order valence-corrected chi connectivity index (χ1v) is 6.05. The van der Waals surface area contributed by atoms with Gasteiger partial charge >= 0.3 is 0 Å². The maximum absolute atomic E-state index is 4.33. The quantitative estimate of drug-likeness (QED) is 0.814. The standard InChI is InChI=1S/C10H17N3S/c1-11-7-9-3-2-5-13(9)8-10-12-4-6-14-10/h4,6,9,11H,2-3,5,7-8H2,1H3. The van der Waals surface area contributed by atoms with Crippen molar-refractivity contribution >= 4 is 11.3 Å². The zero-order valence-corrected chi connectivity index (χ0v) is 9.39. The van der Waals surface area contributed by atoms with E-state index in [-0.39, 0.29) is 0 Å². The van der Waals surface area contributed by atoms with E-state index in [4.69, 9.17) is 0 Å². The second-order valence-electron chi connectivity index (χ2n) is 3.75. The van der Waals surface area contributed by atoms with Crippen LogP contribution in [0.5, 0.6) is 0 Å². The Balaban J connectivity index is 1.90. The number of hydrogen-bond donors (Lipinski definition) is 1. The lowest BCUT2D eigenvalue weighted by Gasteiger charge is -2.22. The van der Waals surface area contributed by atoms with Gasteiger partial charge in [-0.25, -0.2) is 4.98 Å². The van der Waals surface area contributed by atoms with Crippen LogP contribution in [0.3, 0.4) is 0 Å². The van der Waals surface area contributed by atoms with E-state index in [1.54, 1.807) is 11.3 Å². The Morgan fingerprint density at radius 1 is 1.71 bits per heavy atom. The maximum Gasteiger partial charge on any atom is 0.107 e. The lowest BCUT2D eigenvalue weighted by Crippen LogP contribution is -2.36. The lowest BCUT2D eigenvalue weighted by molar-refractivity contribution is 0.242. The van der Waals surface area contributed by atoms with Crippen molar-refractivity contribution < 1.29 is 0 Å². The van der Waals surface area contributed by atoms with Crippen molar-refractivity contribution in [1.29, 1.82) is 0 Å². The van der Waals surface area contributed by atoms with Gasteiger partial charge in [0.2, 0.25) is 0 Å². The molecule has 1 fully saturated rings. The number of hydrogen-bond acceptors (Lipinski definition) is 4. The molecule has 0 spiro atoms. The summed E-state index contributed by atoms with van der Waals surface area (Å²) in [6.45, 7) is 3.36. The Bertz CT molecular complexity index is 260. The molecule has 0 bridgehead atoms. The summed E-state index contributed by atoms with van der Waals surface area (Å²) in [5.74, 6) is 0. The Morgan fingerprint density at radius 3 is 3.36 bits per heavy atom. The van der Waals surface area contributed by atoms with Crippen LogP contribution in [-0.4, -0.2) is 36.1 Å². The summed E-state index contributed by atoms with van der Waals surface area (Å²) in [6, 6.07) is 0.712. The highest BCUT2D eigenvalue weighted by atomic mass is 32.1. The molecular formula is C10H17N3S. The highest BCUT2D eigenvalue weighted by Gasteiger charge is 2.23. The van der Waals surface area contributed by atoms with Gasteiger partial charge in [-0.15, -0.1) is 11.3 Å². The van der Waals surface area contributed by atoms with Gasteiger partial charge in [0.1, 0.15) is 5.01 Å². The minimum Gasteiger partial charge on any atom is -0.318 e. The van der Waals surface area contributed by atoms with Gasteiger partial charge in [-0.3, -0.25) is 4.90 Å².